The van der Waals surface area contributed by atoms with Crippen molar-refractivity contribution in [1.29, 1.82) is 0 Å². The summed E-state index contributed by atoms with van der Waals surface area (Å²) in [7, 11) is -3.73. The molecule has 1 N–H and O–H groups in total. The van der Waals surface area contributed by atoms with Crippen LogP contribution in [0, 0.1) is 20.8 Å². The van der Waals surface area contributed by atoms with E-state index in [2.05, 4.69) is 10.3 Å². The Morgan fingerprint density at radius 3 is 2.61 bits per heavy atom. The summed E-state index contributed by atoms with van der Waals surface area (Å²) in [6.07, 6.45) is 5.36. The minimum Gasteiger partial charge on any atom is -0.354 e. The largest absolute Gasteiger partial charge is 0.354 e. The molecular formula is C21H27N3O3S. The first-order valence-corrected chi connectivity index (χ1v) is 11.0. The first-order valence-electron chi connectivity index (χ1n) is 9.57. The van der Waals surface area contributed by atoms with Crippen LogP contribution in [-0.4, -0.2) is 42.7 Å². The van der Waals surface area contributed by atoms with Crippen LogP contribution in [0.4, 0.5) is 0 Å². The second-order valence-corrected chi connectivity index (χ2v) is 9.23. The summed E-state index contributed by atoms with van der Waals surface area (Å²) in [6, 6.07) is 6.90. The highest BCUT2D eigenvalue weighted by atomic mass is 32.2. The zero-order valence-electron chi connectivity index (χ0n) is 16.6. The van der Waals surface area contributed by atoms with Gasteiger partial charge >= 0.3 is 0 Å². The zero-order valence-corrected chi connectivity index (χ0v) is 17.4. The van der Waals surface area contributed by atoms with Crippen LogP contribution in [0.2, 0.25) is 0 Å². The van der Waals surface area contributed by atoms with Crippen molar-refractivity contribution >= 4 is 15.9 Å². The van der Waals surface area contributed by atoms with Gasteiger partial charge in [-0.2, -0.15) is 4.31 Å². The highest BCUT2D eigenvalue weighted by molar-refractivity contribution is 7.89. The van der Waals surface area contributed by atoms with E-state index in [0.717, 1.165) is 22.3 Å². The molecule has 150 valence electrons. The number of nitrogens with zero attached hydrogens (tertiary/aromatic N) is 2. The Kier molecular flexibility index (Phi) is 6.15. The van der Waals surface area contributed by atoms with Crippen LogP contribution < -0.4 is 5.32 Å². The maximum absolute atomic E-state index is 13.3. The second-order valence-electron chi connectivity index (χ2n) is 7.40. The van der Waals surface area contributed by atoms with Gasteiger partial charge in [-0.05, 0) is 62.8 Å². The normalized spacial score (nSPS) is 17.6. The van der Waals surface area contributed by atoms with Gasteiger partial charge in [-0.15, -0.1) is 0 Å². The van der Waals surface area contributed by atoms with Gasteiger partial charge in [0.1, 0.15) is 6.04 Å². The molecule has 1 aromatic heterocycles. The summed E-state index contributed by atoms with van der Waals surface area (Å²) in [5, 5.41) is 2.89. The van der Waals surface area contributed by atoms with Gasteiger partial charge in [-0.1, -0.05) is 23.8 Å². The van der Waals surface area contributed by atoms with E-state index in [-0.39, 0.29) is 5.91 Å². The molecule has 6 nitrogen and oxygen atoms in total. The molecule has 0 radical (unpaired) electrons. The Bertz CT molecular complexity index is 935. The van der Waals surface area contributed by atoms with E-state index in [1.165, 1.54) is 4.31 Å². The number of amides is 1. The zero-order chi connectivity index (χ0) is 20.3. The molecule has 1 atom stereocenters. The number of pyridine rings is 1. The lowest BCUT2D eigenvalue weighted by Gasteiger charge is -2.25. The van der Waals surface area contributed by atoms with Gasteiger partial charge in [0.25, 0.3) is 0 Å². The van der Waals surface area contributed by atoms with Gasteiger partial charge in [0.2, 0.25) is 15.9 Å². The fraction of sp³-hybridized carbons (Fsp3) is 0.429. The first kappa shape index (κ1) is 20.5. The minimum atomic E-state index is -3.73. The molecule has 2 heterocycles. The van der Waals surface area contributed by atoms with Crippen molar-refractivity contribution in [1.82, 2.24) is 14.6 Å². The van der Waals surface area contributed by atoms with E-state index in [1.807, 2.05) is 45.0 Å². The highest BCUT2D eigenvalue weighted by Gasteiger charge is 2.40. The monoisotopic (exact) mass is 401 g/mol. The van der Waals surface area contributed by atoms with E-state index >= 15 is 0 Å². The third-order valence-corrected chi connectivity index (χ3v) is 7.33. The first-order chi connectivity index (χ1) is 13.3. The van der Waals surface area contributed by atoms with Crippen LogP contribution in [0.1, 0.15) is 35.1 Å². The Balaban J connectivity index is 1.74. The van der Waals surface area contributed by atoms with Gasteiger partial charge in [-0.3, -0.25) is 9.78 Å². The topological polar surface area (TPSA) is 79.4 Å². The van der Waals surface area contributed by atoms with Gasteiger partial charge in [-0.25, -0.2) is 8.42 Å². The van der Waals surface area contributed by atoms with Crippen LogP contribution in [-0.2, 0) is 21.2 Å². The van der Waals surface area contributed by atoms with Crippen molar-refractivity contribution in [3.05, 3.63) is 58.9 Å². The summed E-state index contributed by atoms with van der Waals surface area (Å²) in [5.74, 6) is -0.229. The number of benzene rings is 1. The number of carbonyl (C=O) groups is 1. The maximum Gasteiger partial charge on any atom is 0.244 e. The molecule has 0 aliphatic carbocycles. The average molecular weight is 402 g/mol. The SMILES string of the molecule is Cc1cc(C)c(S(=O)(=O)N2CCCC2C(=O)NCCc2cccnc2)c(C)c1. The van der Waals surface area contributed by atoms with Crippen molar-refractivity contribution in [2.45, 2.75) is 51.0 Å². The Hall–Kier alpha value is -2.25. The molecule has 3 rings (SSSR count). The predicted octanol–water partition coefficient (Wildman–Crippen LogP) is 2.52. The molecule has 1 saturated heterocycles. The molecule has 1 aromatic carbocycles. The van der Waals surface area contributed by atoms with Gasteiger partial charge in [0, 0.05) is 25.5 Å². The fourth-order valence-corrected chi connectivity index (χ4v) is 6.05. The van der Waals surface area contributed by atoms with Crippen molar-refractivity contribution < 1.29 is 13.2 Å². The van der Waals surface area contributed by atoms with Gasteiger partial charge in [0.15, 0.2) is 0 Å². The molecule has 1 amide bonds. The molecule has 0 bridgehead atoms. The number of nitrogens with one attached hydrogen (secondary N) is 1. The van der Waals surface area contributed by atoms with Crippen LogP contribution in [0.25, 0.3) is 0 Å². The lowest BCUT2D eigenvalue weighted by Crippen LogP contribution is -2.46. The van der Waals surface area contributed by atoms with Crippen LogP contribution in [0.3, 0.4) is 0 Å². The Morgan fingerprint density at radius 2 is 1.96 bits per heavy atom. The quantitative estimate of drug-likeness (QED) is 0.807. The average Bonchev–Trinajstić information content (AvgIpc) is 3.12. The van der Waals surface area contributed by atoms with Crippen LogP contribution in [0.15, 0.2) is 41.6 Å². The maximum atomic E-state index is 13.3. The molecule has 7 heteroatoms. The fourth-order valence-electron chi connectivity index (χ4n) is 3.97. The lowest BCUT2D eigenvalue weighted by atomic mass is 10.1. The van der Waals surface area contributed by atoms with Crippen LogP contribution in [0.5, 0.6) is 0 Å². The summed E-state index contributed by atoms with van der Waals surface area (Å²) in [6.45, 7) is 6.40. The van der Waals surface area contributed by atoms with Crippen molar-refractivity contribution in [3.8, 4) is 0 Å². The number of aromatic nitrogens is 1. The number of hydrogen-bond acceptors (Lipinski definition) is 4. The number of carbonyl (C=O) groups excluding carboxylic acids is 1. The molecule has 1 unspecified atom stereocenters. The molecule has 1 aliphatic rings. The Morgan fingerprint density at radius 1 is 1.25 bits per heavy atom. The van der Waals surface area contributed by atoms with Crippen LogP contribution >= 0.6 is 0 Å². The van der Waals surface area contributed by atoms with E-state index < -0.39 is 16.1 Å². The van der Waals surface area contributed by atoms with Crippen molar-refractivity contribution in [2.75, 3.05) is 13.1 Å². The minimum absolute atomic E-state index is 0.229. The van der Waals surface area contributed by atoms with Crippen molar-refractivity contribution in [2.24, 2.45) is 0 Å². The molecule has 2 aromatic rings. The number of hydrogen-bond donors (Lipinski definition) is 1. The van der Waals surface area contributed by atoms with E-state index in [9.17, 15) is 13.2 Å². The number of sulfonamides is 1. The third-order valence-electron chi connectivity index (χ3n) is 5.11. The van der Waals surface area contributed by atoms with E-state index in [4.69, 9.17) is 0 Å². The van der Waals surface area contributed by atoms with E-state index in [1.54, 1.807) is 12.4 Å². The van der Waals surface area contributed by atoms with Gasteiger partial charge < -0.3 is 5.32 Å². The predicted molar refractivity (Wildman–Crippen MR) is 109 cm³/mol. The highest BCUT2D eigenvalue weighted by Crippen LogP contribution is 2.30. The molecule has 0 spiro atoms. The third kappa shape index (κ3) is 4.25. The van der Waals surface area contributed by atoms with Crippen molar-refractivity contribution in [3.63, 3.8) is 0 Å². The smallest absolute Gasteiger partial charge is 0.244 e. The van der Waals surface area contributed by atoms with E-state index in [0.29, 0.717) is 37.2 Å². The molecular weight excluding hydrogens is 374 g/mol. The molecule has 28 heavy (non-hydrogen) atoms. The number of rotatable bonds is 6. The molecule has 1 fully saturated rings. The summed E-state index contributed by atoms with van der Waals surface area (Å²) < 4.78 is 28.0. The number of aryl methyl sites for hydroxylation is 3. The summed E-state index contributed by atoms with van der Waals surface area (Å²) in [4.78, 5) is 17.1. The second kappa shape index (κ2) is 8.41. The molecule has 1 aliphatic heterocycles. The Labute approximate surface area is 167 Å². The summed E-state index contributed by atoms with van der Waals surface area (Å²) in [5.41, 5.74) is 3.50. The molecule has 0 saturated carbocycles. The lowest BCUT2D eigenvalue weighted by molar-refractivity contribution is -0.124. The van der Waals surface area contributed by atoms with Gasteiger partial charge in [0.05, 0.1) is 4.90 Å². The standard InChI is InChI=1S/C21H27N3O3S/c1-15-12-16(2)20(17(3)13-15)28(26,27)24-11-5-7-19(24)21(25)23-10-8-18-6-4-9-22-14-18/h4,6,9,12-14,19H,5,7-8,10-11H2,1-3H3,(H,23,25). The summed E-state index contributed by atoms with van der Waals surface area (Å²) >= 11 is 0.